The molecule has 2 amide bonds. The molecule has 5 rings (SSSR count). The van der Waals surface area contributed by atoms with Crippen LogP contribution in [0.4, 0.5) is 5.69 Å². The van der Waals surface area contributed by atoms with Crippen LogP contribution in [0.1, 0.15) is 50.4 Å². The van der Waals surface area contributed by atoms with E-state index in [9.17, 15) is 9.59 Å². The highest BCUT2D eigenvalue weighted by Crippen LogP contribution is 2.39. The number of nitrogens with zero attached hydrogens (tertiary/aromatic N) is 3. The van der Waals surface area contributed by atoms with E-state index in [1.54, 1.807) is 25.1 Å². The molecule has 0 unspecified atom stereocenters. The van der Waals surface area contributed by atoms with E-state index in [4.69, 9.17) is 17.0 Å². The van der Waals surface area contributed by atoms with Gasteiger partial charge in [0.15, 0.2) is 0 Å². The van der Waals surface area contributed by atoms with Gasteiger partial charge in [-0.2, -0.15) is 0 Å². The minimum atomic E-state index is -0.596. The number of rotatable bonds is 8. The van der Waals surface area contributed by atoms with Crippen LogP contribution in [0, 0.1) is 0 Å². The van der Waals surface area contributed by atoms with E-state index in [-0.39, 0.29) is 22.7 Å². The predicted molar refractivity (Wildman–Crippen MR) is 154 cm³/mol. The molecule has 0 bridgehead atoms. The van der Waals surface area contributed by atoms with Crippen LogP contribution in [-0.4, -0.2) is 28.7 Å². The van der Waals surface area contributed by atoms with Crippen molar-refractivity contribution >= 4 is 34.6 Å². The molecule has 192 valence electrons. The van der Waals surface area contributed by atoms with Crippen LogP contribution < -0.4 is 0 Å². The normalized spacial score (nSPS) is 13.6. The number of methoxy groups -OCH3 is 1. The van der Waals surface area contributed by atoms with E-state index < -0.39 is 11.9 Å². The van der Waals surface area contributed by atoms with Crippen molar-refractivity contribution in [1.29, 1.82) is 0 Å². The Bertz CT molecular complexity index is 1560. The van der Waals surface area contributed by atoms with Gasteiger partial charge in [0.2, 0.25) is 0 Å². The van der Waals surface area contributed by atoms with Crippen LogP contribution in [0.5, 0.6) is 0 Å². The van der Waals surface area contributed by atoms with Crippen LogP contribution >= 0.6 is 12.2 Å². The lowest BCUT2D eigenvalue weighted by Gasteiger charge is -2.27. The predicted octanol–water partition coefficient (Wildman–Crippen LogP) is 7.45. The maximum atomic E-state index is 13.9. The number of ether oxygens (including phenoxy) is 1. The van der Waals surface area contributed by atoms with Gasteiger partial charge < -0.3 is 4.74 Å². The van der Waals surface area contributed by atoms with Gasteiger partial charge in [0.05, 0.1) is 34.8 Å². The number of hydrogen-bond donors (Lipinski definition) is 0. The zero-order valence-electron chi connectivity index (χ0n) is 21.4. The fraction of sp³-hybridized carbons (Fsp3) is 0.0938. The molecule has 4 aromatic carbocycles. The summed E-state index contributed by atoms with van der Waals surface area (Å²) in [6.45, 7) is 1.75. The first-order valence-electron chi connectivity index (χ1n) is 12.4. The van der Waals surface area contributed by atoms with Gasteiger partial charge in [-0.15, -0.1) is 10.2 Å². The van der Waals surface area contributed by atoms with Gasteiger partial charge in [-0.25, -0.2) is 0 Å². The van der Waals surface area contributed by atoms with Gasteiger partial charge >= 0.3 is 0 Å². The zero-order chi connectivity index (χ0) is 27.4. The summed E-state index contributed by atoms with van der Waals surface area (Å²) in [5.41, 5.74) is 3.60. The molecule has 0 radical (unpaired) electrons. The Kier molecular flexibility index (Phi) is 7.52. The van der Waals surface area contributed by atoms with Crippen molar-refractivity contribution in [2.24, 2.45) is 10.2 Å². The third-order valence-electron chi connectivity index (χ3n) is 6.56. The van der Waals surface area contributed by atoms with Gasteiger partial charge in [0.25, 0.3) is 11.8 Å². The standard InChI is InChI=1S/C32H25N3O3S/c1-21(38-2)28(30(39)24-17-10-5-11-18-24)34-33-26-20-12-19-25-27(26)32(37)35(31(25)36)29(22-13-6-3-7-14-22)23-15-8-4-9-16-23/h3-20,29H,1-2H3/b28-21-,34-33?. The van der Waals surface area contributed by atoms with Crippen LogP contribution in [0.15, 0.2) is 131 Å². The van der Waals surface area contributed by atoms with Gasteiger partial charge in [0.1, 0.15) is 11.5 Å². The van der Waals surface area contributed by atoms with Crippen LogP contribution in [0.2, 0.25) is 0 Å². The lowest BCUT2D eigenvalue weighted by molar-refractivity contribution is 0.0609. The third-order valence-corrected chi connectivity index (χ3v) is 6.99. The number of allylic oxidation sites excluding steroid dienone is 2. The average Bonchev–Trinajstić information content (AvgIpc) is 3.24. The van der Waals surface area contributed by atoms with Crippen LogP contribution in [0.3, 0.4) is 0 Å². The van der Waals surface area contributed by atoms with Gasteiger partial charge in [-0.3, -0.25) is 14.5 Å². The highest BCUT2D eigenvalue weighted by Gasteiger charge is 2.42. The monoisotopic (exact) mass is 531 g/mol. The molecule has 7 heteroatoms. The highest BCUT2D eigenvalue weighted by atomic mass is 32.1. The van der Waals surface area contributed by atoms with E-state index in [0.29, 0.717) is 16.3 Å². The summed E-state index contributed by atoms with van der Waals surface area (Å²) < 4.78 is 5.43. The van der Waals surface area contributed by atoms with Crippen LogP contribution in [-0.2, 0) is 4.74 Å². The summed E-state index contributed by atoms with van der Waals surface area (Å²) in [5.74, 6) is -0.326. The van der Waals surface area contributed by atoms with E-state index in [1.165, 1.54) is 12.0 Å². The number of carbonyl (C=O) groups excluding carboxylic acids is 2. The molecule has 0 aliphatic carbocycles. The Morgan fingerprint density at radius 2 is 1.33 bits per heavy atom. The highest BCUT2D eigenvalue weighted by molar-refractivity contribution is 7.81. The second-order valence-electron chi connectivity index (χ2n) is 8.91. The Morgan fingerprint density at radius 1 is 0.769 bits per heavy atom. The smallest absolute Gasteiger partial charge is 0.264 e. The van der Waals surface area contributed by atoms with E-state index >= 15 is 0 Å². The van der Waals surface area contributed by atoms with Crippen molar-refractivity contribution in [2.75, 3.05) is 7.11 Å². The summed E-state index contributed by atoms with van der Waals surface area (Å²) in [6.07, 6.45) is 0. The van der Waals surface area contributed by atoms with Crippen molar-refractivity contribution in [2.45, 2.75) is 13.0 Å². The average molecular weight is 532 g/mol. The SMILES string of the molecule is CO/C(C)=C(\N=Nc1cccc2c1C(=O)N(C(c1ccccc1)c1ccccc1)C2=O)C(=S)c1ccccc1. The van der Waals surface area contributed by atoms with Gasteiger partial charge in [0, 0.05) is 0 Å². The number of fused-ring (bicyclic) bond motifs is 1. The molecule has 4 aromatic rings. The van der Waals surface area contributed by atoms with E-state index in [0.717, 1.165) is 16.7 Å². The molecule has 1 aliphatic rings. The molecule has 0 N–H and O–H groups in total. The fourth-order valence-electron chi connectivity index (χ4n) is 4.57. The summed E-state index contributed by atoms with van der Waals surface area (Å²) in [7, 11) is 1.53. The number of azo groups is 1. The van der Waals surface area contributed by atoms with Crippen molar-refractivity contribution in [1.82, 2.24) is 4.90 Å². The Hall–Kier alpha value is -4.75. The van der Waals surface area contributed by atoms with Crippen molar-refractivity contribution in [3.05, 3.63) is 148 Å². The first-order chi connectivity index (χ1) is 19.0. The first kappa shape index (κ1) is 25.9. The summed E-state index contributed by atoms with van der Waals surface area (Å²) in [5, 5.41) is 8.84. The molecule has 0 atom stereocenters. The minimum Gasteiger partial charge on any atom is -0.499 e. The number of benzene rings is 4. The largest absolute Gasteiger partial charge is 0.499 e. The summed E-state index contributed by atoms with van der Waals surface area (Å²) >= 11 is 5.68. The van der Waals surface area contributed by atoms with Gasteiger partial charge in [-0.05, 0) is 35.7 Å². The number of amides is 2. The lowest BCUT2D eigenvalue weighted by Crippen LogP contribution is -2.34. The second-order valence-corrected chi connectivity index (χ2v) is 9.32. The first-order valence-corrected chi connectivity index (χ1v) is 12.8. The quantitative estimate of drug-likeness (QED) is 0.0591. The Morgan fingerprint density at radius 3 is 1.90 bits per heavy atom. The number of carbonyl (C=O) groups is 2. The third kappa shape index (κ3) is 5.04. The molecular weight excluding hydrogens is 506 g/mol. The van der Waals surface area contributed by atoms with E-state index in [2.05, 4.69) is 10.2 Å². The maximum Gasteiger partial charge on any atom is 0.264 e. The molecule has 0 aromatic heterocycles. The molecule has 0 saturated heterocycles. The van der Waals surface area contributed by atoms with Crippen molar-refractivity contribution < 1.29 is 14.3 Å². The van der Waals surface area contributed by atoms with Crippen LogP contribution in [0.25, 0.3) is 0 Å². The molecule has 1 heterocycles. The molecule has 6 nitrogen and oxygen atoms in total. The topological polar surface area (TPSA) is 71.3 Å². The fourth-order valence-corrected chi connectivity index (χ4v) is 4.89. The summed E-state index contributed by atoms with van der Waals surface area (Å²) in [6, 6.07) is 32.9. The van der Waals surface area contributed by atoms with Crippen molar-refractivity contribution in [3.8, 4) is 0 Å². The molecule has 39 heavy (non-hydrogen) atoms. The second kappa shape index (κ2) is 11.3. The Labute approximate surface area is 232 Å². The molecular formula is C32H25N3O3S. The maximum absolute atomic E-state index is 13.9. The molecule has 0 fully saturated rings. The number of thiocarbonyl (C=S) groups is 1. The summed E-state index contributed by atoms with van der Waals surface area (Å²) in [4.78, 5) is 29.4. The molecule has 0 spiro atoms. The Balaban J connectivity index is 1.56. The lowest BCUT2D eigenvalue weighted by atomic mass is 9.97. The molecule has 0 saturated carbocycles. The van der Waals surface area contributed by atoms with Gasteiger partial charge in [-0.1, -0.05) is 109 Å². The number of imide groups is 1. The number of hydrogen-bond acceptors (Lipinski definition) is 6. The van der Waals surface area contributed by atoms with E-state index in [1.807, 2.05) is 91.0 Å². The minimum absolute atomic E-state index is 0.211. The molecule has 1 aliphatic heterocycles. The zero-order valence-corrected chi connectivity index (χ0v) is 22.3. The van der Waals surface area contributed by atoms with Crippen molar-refractivity contribution in [3.63, 3.8) is 0 Å².